The molecule has 0 aliphatic carbocycles. The average molecular weight is 486 g/mol. The van der Waals surface area contributed by atoms with E-state index in [9.17, 15) is 9.59 Å². The van der Waals surface area contributed by atoms with Gasteiger partial charge in [0.1, 0.15) is 0 Å². The van der Waals surface area contributed by atoms with Gasteiger partial charge in [-0.2, -0.15) is 0 Å². The number of hydrogen-bond acceptors (Lipinski definition) is 4. The van der Waals surface area contributed by atoms with Gasteiger partial charge in [-0.25, -0.2) is 4.99 Å². The Balaban J connectivity index is 1.68. The van der Waals surface area contributed by atoms with Crippen molar-refractivity contribution in [2.24, 2.45) is 4.99 Å². The van der Waals surface area contributed by atoms with Crippen molar-refractivity contribution in [1.29, 1.82) is 0 Å². The first-order valence-electron chi connectivity index (χ1n) is 10.7. The Bertz CT molecular complexity index is 1590. The number of halogens is 1. The molecule has 7 heteroatoms. The zero-order valence-corrected chi connectivity index (χ0v) is 19.8. The van der Waals surface area contributed by atoms with E-state index in [4.69, 9.17) is 11.6 Å². The van der Waals surface area contributed by atoms with Crippen LogP contribution in [0.5, 0.6) is 0 Å². The van der Waals surface area contributed by atoms with E-state index in [0.717, 1.165) is 11.1 Å². The van der Waals surface area contributed by atoms with Crippen molar-refractivity contribution >= 4 is 40.6 Å². The number of amides is 1. The summed E-state index contributed by atoms with van der Waals surface area (Å²) < 4.78 is 2.11. The Morgan fingerprint density at radius 2 is 1.65 bits per heavy atom. The first kappa shape index (κ1) is 22.1. The van der Waals surface area contributed by atoms with Crippen LogP contribution in [0.2, 0.25) is 5.02 Å². The average Bonchev–Trinajstić information content (AvgIpc) is 3.15. The molecule has 1 amide bonds. The van der Waals surface area contributed by atoms with Gasteiger partial charge in [-0.3, -0.25) is 14.2 Å². The molecule has 1 unspecified atom stereocenters. The van der Waals surface area contributed by atoms with Gasteiger partial charge in [-0.15, -0.1) is 0 Å². The fraction of sp³-hybridized carbons (Fsp3) is 0.0741. The van der Waals surface area contributed by atoms with E-state index in [1.54, 1.807) is 23.6 Å². The summed E-state index contributed by atoms with van der Waals surface area (Å²) in [5.74, 6) is -0.290. The predicted octanol–water partition coefficient (Wildman–Crippen LogP) is 4.53. The van der Waals surface area contributed by atoms with Gasteiger partial charge in [-0.1, -0.05) is 89.7 Å². The summed E-state index contributed by atoms with van der Waals surface area (Å²) in [7, 11) is 0. The number of carbonyl (C=O) groups is 1. The van der Waals surface area contributed by atoms with Crippen LogP contribution in [-0.4, -0.2) is 10.5 Å². The number of para-hydroxylation sites is 1. The van der Waals surface area contributed by atoms with Gasteiger partial charge in [0, 0.05) is 10.7 Å². The second kappa shape index (κ2) is 9.25. The van der Waals surface area contributed by atoms with Gasteiger partial charge in [0.15, 0.2) is 4.80 Å². The van der Waals surface area contributed by atoms with Crippen LogP contribution in [-0.2, 0) is 4.79 Å². The lowest BCUT2D eigenvalue weighted by atomic mass is 9.95. The summed E-state index contributed by atoms with van der Waals surface area (Å²) in [6.45, 7) is 1.81. The van der Waals surface area contributed by atoms with E-state index in [2.05, 4.69) is 10.3 Å². The van der Waals surface area contributed by atoms with Crippen molar-refractivity contribution in [3.05, 3.63) is 132 Å². The largest absolute Gasteiger partial charge is 0.322 e. The number of benzene rings is 3. The Kier molecular flexibility index (Phi) is 6.01. The molecule has 2 heterocycles. The standard InChI is InChI=1S/C27H20ClN3O2S/c1-17-23(25(32)30-20-13-6-3-7-14-20)24(18-10-4-2-5-11-18)31-26(33)22(34-27(31)29-17)16-19-12-8-9-15-21(19)28/h2-16,24H,1H3,(H,30,32). The molecule has 0 saturated carbocycles. The van der Waals surface area contributed by atoms with Crippen molar-refractivity contribution < 1.29 is 4.79 Å². The van der Waals surface area contributed by atoms with Crippen LogP contribution in [0.1, 0.15) is 24.1 Å². The van der Waals surface area contributed by atoms with Crippen LogP contribution in [0, 0.1) is 0 Å². The Morgan fingerprint density at radius 1 is 1.00 bits per heavy atom. The van der Waals surface area contributed by atoms with Crippen molar-refractivity contribution in [2.45, 2.75) is 13.0 Å². The molecule has 4 aromatic rings. The third kappa shape index (κ3) is 4.14. The summed E-state index contributed by atoms with van der Waals surface area (Å²) >= 11 is 7.61. The highest BCUT2D eigenvalue weighted by Gasteiger charge is 2.32. The molecule has 1 atom stereocenters. The number of hydrogen-bond donors (Lipinski definition) is 1. The molecule has 1 aliphatic heterocycles. The maximum atomic E-state index is 13.6. The molecule has 0 bridgehead atoms. The number of nitrogens with one attached hydrogen (secondary N) is 1. The van der Waals surface area contributed by atoms with Crippen LogP contribution in [0.25, 0.3) is 6.08 Å². The molecule has 5 rings (SSSR count). The maximum Gasteiger partial charge on any atom is 0.271 e. The lowest BCUT2D eigenvalue weighted by Crippen LogP contribution is -2.40. The van der Waals surface area contributed by atoms with Gasteiger partial charge in [0.25, 0.3) is 11.5 Å². The van der Waals surface area contributed by atoms with E-state index in [0.29, 0.717) is 31.3 Å². The topological polar surface area (TPSA) is 63.5 Å². The minimum atomic E-state index is -0.602. The molecule has 1 aliphatic rings. The summed E-state index contributed by atoms with van der Waals surface area (Å²) in [5, 5.41) is 3.51. The van der Waals surface area contributed by atoms with Crippen molar-refractivity contribution in [3.63, 3.8) is 0 Å². The van der Waals surface area contributed by atoms with E-state index >= 15 is 0 Å². The minimum absolute atomic E-state index is 0.213. The summed E-state index contributed by atoms with van der Waals surface area (Å²) in [6.07, 6.45) is 1.78. The second-order valence-corrected chi connectivity index (χ2v) is 9.25. The van der Waals surface area contributed by atoms with Gasteiger partial charge in [0.2, 0.25) is 0 Å². The van der Waals surface area contributed by atoms with Crippen molar-refractivity contribution in [3.8, 4) is 0 Å². The van der Waals surface area contributed by atoms with Crippen LogP contribution in [0.4, 0.5) is 5.69 Å². The maximum absolute atomic E-state index is 13.6. The molecule has 0 radical (unpaired) electrons. The summed E-state index contributed by atoms with van der Waals surface area (Å²) in [6, 6.07) is 25.6. The van der Waals surface area contributed by atoms with E-state index in [1.807, 2.05) is 78.9 Å². The molecule has 1 aromatic heterocycles. The number of allylic oxidation sites excluding steroid dienone is 1. The molecule has 0 saturated heterocycles. The fourth-order valence-corrected chi connectivity index (χ4v) is 5.24. The van der Waals surface area contributed by atoms with Crippen LogP contribution >= 0.6 is 22.9 Å². The van der Waals surface area contributed by atoms with Crippen LogP contribution < -0.4 is 20.2 Å². The Morgan fingerprint density at radius 3 is 2.35 bits per heavy atom. The lowest BCUT2D eigenvalue weighted by molar-refractivity contribution is -0.113. The second-order valence-electron chi connectivity index (χ2n) is 7.83. The molecule has 34 heavy (non-hydrogen) atoms. The number of anilines is 1. The number of fused-ring (bicyclic) bond motifs is 1. The van der Waals surface area contributed by atoms with E-state index in [-0.39, 0.29) is 11.5 Å². The van der Waals surface area contributed by atoms with Crippen LogP contribution in [0.15, 0.2) is 106 Å². The molecule has 3 aromatic carbocycles. The third-order valence-corrected chi connectivity index (χ3v) is 6.93. The molecule has 168 valence electrons. The van der Waals surface area contributed by atoms with Crippen molar-refractivity contribution in [1.82, 2.24) is 4.57 Å². The van der Waals surface area contributed by atoms with Crippen molar-refractivity contribution in [2.75, 3.05) is 5.32 Å². The van der Waals surface area contributed by atoms with Gasteiger partial charge >= 0.3 is 0 Å². The molecular formula is C27H20ClN3O2S. The Labute approximate surface area is 205 Å². The smallest absolute Gasteiger partial charge is 0.271 e. The summed E-state index contributed by atoms with van der Waals surface area (Å²) in [4.78, 5) is 32.3. The normalized spacial score (nSPS) is 15.6. The number of thiazole rings is 1. The third-order valence-electron chi connectivity index (χ3n) is 5.61. The quantitative estimate of drug-likeness (QED) is 0.461. The first-order chi connectivity index (χ1) is 16.5. The number of aromatic nitrogens is 1. The highest BCUT2D eigenvalue weighted by atomic mass is 35.5. The molecule has 0 spiro atoms. The van der Waals surface area contributed by atoms with Crippen LogP contribution in [0.3, 0.4) is 0 Å². The lowest BCUT2D eigenvalue weighted by Gasteiger charge is -2.25. The predicted molar refractivity (Wildman–Crippen MR) is 137 cm³/mol. The molecule has 1 N–H and O–H groups in total. The molecule has 0 fully saturated rings. The zero-order valence-electron chi connectivity index (χ0n) is 18.2. The fourth-order valence-electron chi connectivity index (χ4n) is 4.02. The Hall–Kier alpha value is -3.74. The van der Waals surface area contributed by atoms with Gasteiger partial charge in [-0.05, 0) is 42.3 Å². The molecule has 5 nitrogen and oxygen atoms in total. The number of carbonyl (C=O) groups excluding carboxylic acids is 1. The van der Waals surface area contributed by atoms with Gasteiger partial charge in [0.05, 0.1) is 21.8 Å². The molecular weight excluding hydrogens is 466 g/mol. The first-order valence-corrected chi connectivity index (χ1v) is 11.9. The number of nitrogens with zero attached hydrogens (tertiary/aromatic N) is 2. The number of rotatable bonds is 4. The van der Waals surface area contributed by atoms with E-state index < -0.39 is 6.04 Å². The SMILES string of the molecule is CC1=C(C(=O)Nc2ccccc2)C(c2ccccc2)n2c(sc(=Cc3ccccc3Cl)c2=O)=N1. The minimum Gasteiger partial charge on any atom is -0.322 e. The highest BCUT2D eigenvalue weighted by Crippen LogP contribution is 2.30. The van der Waals surface area contributed by atoms with Gasteiger partial charge < -0.3 is 5.32 Å². The monoisotopic (exact) mass is 485 g/mol. The zero-order chi connectivity index (χ0) is 23.7. The highest BCUT2D eigenvalue weighted by molar-refractivity contribution is 7.07. The van der Waals surface area contributed by atoms with E-state index in [1.165, 1.54) is 11.3 Å². The summed E-state index contributed by atoms with van der Waals surface area (Å²) in [5.41, 5.74) is 3.06.